The molecule has 0 bridgehead atoms. The first kappa shape index (κ1) is 19.4. The molecule has 1 heterocycles. The van der Waals surface area contributed by atoms with Gasteiger partial charge in [0.15, 0.2) is 0 Å². The van der Waals surface area contributed by atoms with Gasteiger partial charge in [0.25, 0.3) is 0 Å². The van der Waals surface area contributed by atoms with E-state index in [-0.39, 0.29) is 13.0 Å². The van der Waals surface area contributed by atoms with Crippen molar-refractivity contribution in [1.82, 2.24) is 4.90 Å². The molecule has 1 fully saturated rings. The zero-order chi connectivity index (χ0) is 18.9. The minimum absolute atomic E-state index is 0.159. The number of hydrogen-bond acceptors (Lipinski definition) is 4. The third-order valence-corrected chi connectivity index (χ3v) is 4.48. The van der Waals surface area contributed by atoms with Crippen LogP contribution in [0.3, 0.4) is 0 Å². The summed E-state index contributed by atoms with van der Waals surface area (Å²) < 4.78 is 11.2. The van der Waals surface area contributed by atoms with Crippen molar-refractivity contribution in [1.29, 1.82) is 0 Å². The Balaban J connectivity index is 2.14. The van der Waals surface area contributed by atoms with Crippen molar-refractivity contribution in [3.8, 4) is 5.75 Å². The fourth-order valence-corrected chi connectivity index (χ4v) is 2.92. The highest BCUT2D eigenvalue weighted by Crippen LogP contribution is 2.29. The number of halogens is 1. The van der Waals surface area contributed by atoms with Crippen LogP contribution in [0.15, 0.2) is 12.1 Å². The van der Waals surface area contributed by atoms with Crippen molar-refractivity contribution in [3.05, 3.63) is 28.3 Å². The molecule has 1 aliphatic heterocycles. The molecule has 1 saturated heterocycles. The topological polar surface area (TPSA) is 76.1 Å². The van der Waals surface area contributed by atoms with Crippen LogP contribution in [0.1, 0.15) is 38.3 Å². The van der Waals surface area contributed by atoms with Crippen LogP contribution in [0, 0.1) is 13.8 Å². The Morgan fingerprint density at radius 3 is 2.28 bits per heavy atom. The van der Waals surface area contributed by atoms with Gasteiger partial charge in [0.1, 0.15) is 23.5 Å². The van der Waals surface area contributed by atoms with Gasteiger partial charge in [0, 0.05) is 11.4 Å². The Bertz CT molecular complexity index is 660. The summed E-state index contributed by atoms with van der Waals surface area (Å²) in [5.74, 6) is -0.458. The van der Waals surface area contributed by atoms with Crippen molar-refractivity contribution in [2.24, 2.45) is 0 Å². The number of carboxylic acid groups (broad SMARTS) is 1. The second kappa shape index (κ2) is 7.12. The summed E-state index contributed by atoms with van der Waals surface area (Å²) in [4.78, 5) is 25.0. The van der Waals surface area contributed by atoms with Crippen LogP contribution in [0.5, 0.6) is 5.75 Å². The average molecular weight is 370 g/mol. The quantitative estimate of drug-likeness (QED) is 0.877. The summed E-state index contributed by atoms with van der Waals surface area (Å²) in [6, 6.07) is 2.65. The molecule has 1 aliphatic rings. The minimum Gasteiger partial charge on any atom is -0.488 e. The zero-order valence-electron chi connectivity index (χ0n) is 15.1. The lowest BCUT2D eigenvalue weighted by molar-refractivity contribution is -0.142. The molecule has 2 atom stereocenters. The number of carboxylic acids is 1. The summed E-state index contributed by atoms with van der Waals surface area (Å²) in [7, 11) is 0. The number of carbonyl (C=O) groups is 2. The summed E-state index contributed by atoms with van der Waals surface area (Å²) in [6.45, 7) is 9.14. The number of likely N-dealkylation sites (tertiary alicyclic amines) is 1. The first-order valence-electron chi connectivity index (χ1n) is 8.14. The Morgan fingerprint density at radius 1 is 1.24 bits per heavy atom. The van der Waals surface area contributed by atoms with Gasteiger partial charge < -0.3 is 14.6 Å². The van der Waals surface area contributed by atoms with Crippen molar-refractivity contribution in [2.45, 2.75) is 58.8 Å². The van der Waals surface area contributed by atoms with Gasteiger partial charge in [0.2, 0.25) is 0 Å². The van der Waals surface area contributed by atoms with E-state index in [1.54, 1.807) is 32.9 Å². The lowest BCUT2D eigenvalue weighted by atomic mass is 10.1. The van der Waals surface area contributed by atoms with E-state index in [2.05, 4.69) is 0 Å². The standard InChI is InChI=1S/C18H24ClNO5/c1-10-6-12(7-11(2)15(10)19)24-13-8-14(16(21)22)20(9-13)17(23)25-18(3,4)5/h6-7,13-14H,8-9H2,1-5H3,(H,21,22)/t13-,14-/m0/s1. The summed E-state index contributed by atoms with van der Waals surface area (Å²) >= 11 is 6.15. The number of carbonyl (C=O) groups excluding carboxylic acids is 1. The lowest BCUT2D eigenvalue weighted by Gasteiger charge is -2.26. The van der Waals surface area contributed by atoms with Gasteiger partial charge in [-0.25, -0.2) is 9.59 Å². The normalized spacial score (nSPS) is 20.5. The molecule has 25 heavy (non-hydrogen) atoms. The van der Waals surface area contributed by atoms with Gasteiger partial charge in [-0.05, 0) is 57.9 Å². The van der Waals surface area contributed by atoms with Gasteiger partial charge in [-0.15, -0.1) is 0 Å². The van der Waals surface area contributed by atoms with E-state index in [0.29, 0.717) is 10.8 Å². The number of ether oxygens (including phenoxy) is 2. The van der Waals surface area contributed by atoms with E-state index >= 15 is 0 Å². The monoisotopic (exact) mass is 369 g/mol. The SMILES string of the molecule is Cc1cc(O[C@H]2C[C@@H](C(=O)O)N(C(=O)OC(C)(C)C)C2)cc(C)c1Cl. The molecular weight excluding hydrogens is 346 g/mol. The predicted molar refractivity (Wildman–Crippen MR) is 94.3 cm³/mol. The van der Waals surface area contributed by atoms with Crippen LogP contribution in [-0.2, 0) is 9.53 Å². The minimum atomic E-state index is -1.07. The van der Waals surface area contributed by atoms with Gasteiger partial charge in [0.05, 0.1) is 6.54 Å². The fraction of sp³-hybridized carbons (Fsp3) is 0.556. The van der Waals surface area contributed by atoms with Crippen molar-refractivity contribution >= 4 is 23.7 Å². The Hall–Kier alpha value is -1.95. The maximum Gasteiger partial charge on any atom is 0.411 e. The zero-order valence-corrected chi connectivity index (χ0v) is 15.9. The number of amides is 1. The van der Waals surface area contributed by atoms with Crippen molar-refractivity contribution in [3.63, 3.8) is 0 Å². The van der Waals surface area contributed by atoms with E-state index in [4.69, 9.17) is 21.1 Å². The molecule has 138 valence electrons. The third kappa shape index (κ3) is 4.78. The highest BCUT2D eigenvalue weighted by Gasteiger charge is 2.42. The second-order valence-electron chi connectivity index (χ2n) is 7.33. The molecule has 0 radical (unpaired) electrons. The molecule has 0 aromatic heterocycles. The fourth-order valence-electron chi connectivity index (χ4n) is 2.81. The first-order valence-corrected chi connectivity index (χ1v) is 8.51. The molecule has 7 heteroatoms. The molecule has 0 spiro atoms. The molecule has 1 aromatic carbocycles. The number of hydrogen-bond donors (Lipinski definition) is 1. The van der Waals surface area contributed by atoms with Gasteiger partial charge in [-0.2, -0.15) is 0 Å². The van der Waals surface area contributed by atoms with Crippen LogP contribution < -0.4 is 4.74 Å². The Morgan fingerprint density at radius 2 is 1.80 bits per heavy atom. The van der Waals surface area contributed by atoms with Gasteiger partial charge in [-0.3, -0.25) is 4.90 Å². The predicted octanol–water partition coefficient (Wildman–Crippen LogP) is 3.80. The Labute approximate surface area is 152 Å². The average Bonchev–Trinajstić information content (AvgIpc) is 2.87. The lowest BCUT2D eigenvalue weighted by Crippen LogP contribution is -2.43. The van der Waals surface area contributed by atoms with Crippen molar-refractivity contribution < 1.29 is 24.2 Å². The molecule has 1 amide bonds. The summed E-state index contributed by atoms with van der Waals surface area (Å²) in [6.07, 6.45) is -0.863. The summed E-state index contributed by atoms with van der Waals surface area (Å²) in [5.41, 5.74) is 1.07. The van der Waals surface area contributed by atoms with Gasteiger partial charge >= 0.3 is 12.1 Å². The molecule has 1 N–H and O–H groups in total. The van der Waals surface area contributed by atoms with Crippen LogP contribution in [-0.4, -0.2) is 46.4 Å². The van der Waals surface area contributed by atoms with E-state index in [9.17, 15) is 14.7 Å². The molecule has 0 unspecified atom stereocenters. The van der Waals surface area contributed by atoms with E-state index in [0.717, 1.165) is 11.1 Å². The highest BCUT2D eigenvalue weighted by atomic mass is 35.5. The number of aliphatic carboxylic acids is 1. The molecule has 1 aromatic rings. The third-order valence-electron chi connectivity index (χ3n) is 3.89. The maximum atomic E-state index is 12.3. The number of nitrogens with zero attached hydrogens (tertiary/aromatic N) is 1. The van der Waals surface area contributed by atoms with Crippen molar-refractivity contribution in [2.75, 3.05) is 6.54 Å². The second-order valence-corrected chi connectivity index (χ2v) is 7.71. The highest BCUT2D eigenvalue weighted by molar-refractivity contribution is 6.32. The smallest absolute Gasteiger partial charge is 0.411 e. The largest absolute Gasteiger partial charge is 0.488 e. The summed E-state index contributed by atoms with van der Waals surface area (Å²) in [5, 5.41) is 10.1. The number of rotatable bonds is 3. The number of benzene rings is 1. The van der Waals surface area contributed by atoms with Crippen LogP contribution in [0.4, 0.5) is 4.79 Å². The van der Waals surface area contributed by atoms with Crippen LogP contribution in [0.25, 0.3) is 0 Å². The molecule has 2 rings (SSSR count). The van der Waals surface area contributed by atoms with E-state index in [1.807, 2.05) is 13.8 Å². The van der Waals surface area contributed by atoms with Gasteiger partial charge in [-0.1, -0.05) is 11.6 Å². The Kier molecular flexibility index (Phi) is 5.52. The van der Waals surface area contributed by atoms with E-state index in [1.165, 1.54) is 4.90 Å². The molecule has 0 saturated carbocycles. The maximum absolute atomic E-state index is 12.3. The molecule has 6 nitrogen and oxygen atoms in total. The first-order chi connectivity index (χ1) is 11.5. The van der Waals surface area contributed by atoms with E-state index < -0.39 is 29.8 Å². The number of aryl methyl sites for hydroxylation is 2. The molecular formula is C18H24ClNO5. The van der Waals surface area contributed by atoms with Crippen LogP contribution in [0.2, 0.25) is 5.02 Å². The van der Waals surface area contributed by atoms with Crippen LogP contribution >= 0.6 is 11.6 Å². The molecule has 0 aliphatic carbocycles.